The number of rotatable bonds is 6. The van der Waals surface area contributed by atoms with E-state index in [1.165, 1.54) is 0 Å². The zero-order valence-electron chi connectivity index (χ0n) is 11.8. The molecular formula is C18H21NO. The van der Waals surface area contributed by atoms with Crippen molar-refractivity contribution >= 4 is 6.08 Å². The van der Waals surface area contributed by atoms with Gasteiger partial charge in [-0.15, -0.1) is 0 Å². The van der Waals surface area contributed by atoms with Gasteiger partial charge in [-0.2, -0.15) is 0 Å². The average Bonchev–Trinajstić information content (AvgIpc) is 2.48. The highest BCUT2D eigenvalue weighted by molar-refractivity contribution is 5.52. The van der Waals surface area contributed by atoms with E-state index in [2.05, 4.69) is 25.1 Å². The first kappa shape index (κ1) is 14.4. The van der Waals surface area contributed by atoms with E-state index in [1.807, 2.05) is 48.5 Å². The first-order valence-corrected chi connectivity index (χ1v) is 7.03. The maximum atomic E-state index is 5.89. The lowest BCUT2D eigenvalue weighted by molar-refractivity contribution is 0.482. The van der Waals surface area contributed by atoms with Crippen molar-refractivity contribution in [1.82, 2.24) is 0 Å². The number of para-hydroxylation sites is 1. The number of nitrogens with two attached hydrogens (primary N) is 1. The third-order valence-electron chi connectivity index (χ3n) is 3.11. The standard InChI is InChI=1S/C18H21NO/c1-2-16(19)10-6-8-15-9-7-13-18(14-15)20-17-11-4-3-5-12-17/h3-9,11-14,16H,2,10,19H2,1H3. The predicted octanol–water partition coefficient (Wildman–Crippen LogP) is 4.62. The second kappa shape index (κ2) is 7.51. The van der Waals surface area contributed by atoms with Gasteiger partial charge in [0, 0.05) is 6.04 Å². The molecule has 0 heterocycles. The predicted molar refractivity (Wildman–Crippen MR) is 84.9 cm³/mol. The van der Waals surface area contributed by atoms with E-state index in [0.717, 1.165) is 29.9 Å². The van der Waals surface area contributed by atoms with Crippen LogP contribution in [0.25, 0.3) is 6.08 Å². The lowest BCUT2D eigenvalue weighted by atomic mass is 10.1. The summed E-state index contributed by atoms with van der Waals surface area (Å²) in [6, 6.07) is 18.1. The Morgan fingerprint density at radius 1 is 1.05 bits per heavy atom. The maximum Gasteiger partial charge on any atom is 0.128 e. The molecule has 0 spiro atoms. The van der Waals surface area contributed by atoms with Crippen LogP contribution in [0.15, 0.2) is 60.7 Å². The van der Waals surface area contributed by atoms with Gasteiger partial charge < -0.3 is 10.5 Å². The van der Waals surface area contributed by atoms with Gasteiger partial charge in [-0.3, -0.25) is 0 Å². The van der Waals surface area contributed by atoms with E-state index in [1.54, 1.807) is 0 Å². The molecule has 0 amide bonds. The van der Waals surface area contributed by atoms with Gasteiger partial charge >= 0.3 is 0 Å². The van der Waals surface area contributed by atoms with E-state index in [9.17, 15) is 0 Å². The Morgan fingerprint density at radius 3 is 2.55 bits per heavy atom. The Hall–Kier alpha value is -2.06. The van der Waals surface area contributed by atoms with Gasteiger partial charge in [-0.25, -0.2) is 0 Å². The Balaban J connectivity index is 2.01. The van der Waals surface area contributed by atoms with Crippen LogP contribution in [-0.4, -0.2) is 6.04 Å². The zero-order valence-corrected chi connectivity index (χ0v) is 11.8. The Bertz CT molecular complexity index is 548. The minimum atomic E-state index is 0.245. The van der Waals surface area contributed by atoms with Crippen molar-refractivity contribution in [3.05, 3.63) is 66.2 Å². The normalized spacial score (nSPS) is 12.5. The third kappa shape index (κ3) is 4.56. The second-order valence-corrected chi connectivity index (χ2v) is 4.79. The van der Waals surface area contributed by atoms with Crippen molar-refractivity contribution in [3.8, 4) is 11.5 Å². The Labute approximate surface area is 120 Å². The van der Waals surface area contributed by atoms with E-state index in [4.69, 9.17) is 10.5 Å². The molecule has 2 aromatic rings. The first-order chi connectivity index (χ1) is 9.78. The molecular weight excluding hydrogens is 246 g/mol. The molecule has 2 heteroatoms. The molecule has 1 atom stereocenters. The quantitative estimate of drug-likeness (QED) is 0.828. The van der Waals surface area contributed by atoms with Crippen LogP contribution in [0.4, 0.5) is 0 Å². The van der Waals surface area contributed by atoms with Crippen LogP contribution in [0, 0.1) is 0 Å². The smallest absolute Gasteiger partial charge is 0.128 e. The molecule has 2 rings (SSSR count). The van der Waals surface area contributed by atoms with Crippen LogP contribution in [0.1, 0.15) is 25.3 Å². The van der Waals surface area contributed by atoms with Crippen molar-refractivity contribution in [3.63, 3.8) is 0 Å². The molecule has 0 saturated carbocycles. The van der Waals surface area contributed by atoms with Crippen LogP contribution in [0.3, 0.4) is 0 Å². The van der Waals surface area contributed by atoms with E-state index in [-0.39, 0.29) is 6.04 Å². The first-order valence-electron chi connectivity index (χ1n) is 7.03. The summed E-state index contributed by atoms with van der Waals surface area (Å²) in [6.45, 7) is 2.10. The minimum absolute atomic E-state index is 0.245. The maximum absolute atomic E-state index is 5.89. The highest BCUT2D eigenvalue weighted by atomic mass is 16.5. The fraction of sp³-hybridized carbons (Fsp3) is 0.222. The molecule has 0 aromatic heterocycles. The second-order valence-electron chi connectivity index (χ2n) is 4.79. The van der Waals surface area contributed by atoms with Gasteiger partial charge in [0.15, 0.2) is 0 Å². The molecule has 0 radical (unpaired) electrons. The summed E-state index contributed by atoms with van der Waals surface area (Å²) in [6.07, 6.45) is 6.12. The van der Waals surface area contributed by atoms with Crippen molar-refractivity contribution in [2.45, 2.75) is 25.8 Å². The summed E-state index contributed by atoms with van der Waals surface area (Å²) in [5.41, 5.74) is 7.02. The van der Waals surface area contributed by atoms with Crippen LogP contribution >= 0.6 is 0 Å². The van der Waals surface area contributed by atoms with Crippen LogP contribution in [0.5, 0.6) is 11.5 Å². The van der Waals surface area contributed by atoms with E-state index < -0.39 is 0 Å². The molecule has 2 N–H and O–H groups in total. The van der Waals surface area contributed by atoms with E-state index in [0.29, 0.717) is 0 Å². The van der Waals surface area contributed by atoms with Gasteiger partial charge in [-0.05, 0) is 42.7 Å². The van der Waals surface area contributed by atoms with Gasteiger partial charge in [0.25, 0.3) is 0 Å². The lowest BCUT2D eigenvalue weighted by Crippen LogP contribution is -2.16. The average molecular weight is 267 g/mol. The summed E-state index contributed by atoms with van der Waals surface area (Å²) in [7, 11) is 0. The molecule has 104 valence electrons. The van der Waals surface area contributed by atoms with Crippen LogP contribution in [-0.2, 0) is 0 Å². The molecule has 20 heavy (non-hydrogen) atoms. The molecule has 2 aromatic carbocycles. The van der Waals surface area contributed by atoms with Crippen molar-refractivity contribution in [2.24, 2.45) is 5.73 Å². The van der Waals surface area contributed by atoms with E-state index >= 15 is 0 Å². The third-order valence-corrected chi connectivity index (χ3v) is 3.11. The highest BCUT2D eigenvalue weighted by Gasteiger charge is 1.98. The fourth-order valence-electron chi connectivity index (χ4n) is 1.85. The largest absolute Gasteiger partial charge is 0.457 e. The Kier molecular flexibility index (Phi) is 5.39. The summed E-state index contributed by atoms with van der Waals surface area (Å²) < 4.78 is 5.81. The Morgan fingerprint density at radius 2 is 1.80 bits per heavy atom. The van der Waals surface area contributed by atoms with Crippen LogP contribution < -0.4 is 10.5 Å². The summed E-state index contributed by atoms with van der Waals surface area (Å²) in [5.74, 6) is 1.69. The summed E-state index contributed by atoms with van der Waals surface area (Å²) in [4.78, 5) is 0. The molecule has 0 aliphatic heterocycles. The fourth-order valence-corrected chi connectivity index (χ4v) is 1.85. The van der Waals surface area contributed by atoms with Crippen LogP contribution in [0.2, 0.25) is 0 Å². The molecule has 0 fully saturated rings. The SMILES string of the molecule is CCC(N)CC=Cc1cccc(Oc2ccccc2)c1. The number of hydrogen-bond acceptors (Lipinski definition) is 2. The van der Waals surface area contributed by atoms with Gasteiger partial charge in [-0.1, -0.05) is 49.4 Å². The number of ether oxygens (including phenoxy) is 1. The molecule has 0 saturated heterocycles. The number of hydrogen-bond donors (Lipinski definition) is 1. The molecule has 0 aliphatic rings. The number of benzene rings is 2. The van der Waals surface area contributed by atoms with Gasteiger partial charge in [0.05, 0.1) is 0 Å². The summed E-state index contributed by atoms with van der Waals surface area (Å²) in [5, 5.41) is 0. The monoisotopic (exact) mass is 267 g/mol. The van der Waals surface area contributed by atoms with Gasteiger partial charge in [0.2, 0.25) is 0 Å². The van der Waals surface area contributed by atoms with Crippen molar-refractivity contribution in [1.29, 1.82) is 0 Å². The topological polar surface area (TPSA) is 35.2 Å². The van der Waals surface area contributed by atoms with Crippen molar-refractivity contribution < 1.29 is 4.74 Å². The highest BCUT2D eigenvalue weighted by Crippen LogP contribution is 2.22. The van der Waals surface area contributed by atoms with Gasteiger partial charge in [0.1, 0.15) is 11.5 Å². The molecule has 0 aliphatic carbocycles. The zero-order chi connectivity index (χ0) is 14.2. The molecule has 1 unspecified atom stereocenters. The van der Waals surface area contributed by atoms with Crippen molar-refractivity contribution in [2.75, 3.05) is 0 Å². The lowest BCUT2D eigenvalue weighted by Gasteiger charge is -2.06. The summed E-state index contributed by atoms with van der Waals surface area (Å²) >= 11 is 0. The molecule has 0 bridgehead atoms. The minimum Gasteiger partial charge on any atom is -0.457 e. The molecule has 2 nitrogen and oxygen atoms in total.